The SMILES string of the molecule is COc1ccc(N2CCC[C@H](C(=O)N3CCSCC3)C2)nn1. The number of hydrogen-bond donors (Lipinski definition) is 0. The van der Waals surface area contributed by atoms with Gasteiger partial charge in [-0.15, -0.1) is 10.2 Å². The minimum Gasteiger partial charge on any atom is -0.480 e. The van der Waals surface area contributed by atoms with Gasteiger partial charge in [-0.25, -0.2) is 0 Å². The summed E-state index contributed by atoms with van der Waals surface area (Å²) >= 11 is 1.93. The minimum absolute atomic E-state index is 0.0840. The first-order valence-corrected chi connectivity index (χ1v) is 8.92. The van der Waals surface area contributed by atoms with Gasteiger partial charge in [-0.2, -0.15) is 11.8 Å². The molecule has 0 bridgehead atoms. The number of nitrogens with zero attached hydrogens (tertiary/aromatic N) is 4. The summed E-state index contributed by atoms with van der Waals surface area (Å²) in [6.07, 6.45) is 2.00. The summed E-state index contributed by atoms with van der Waals surface area (Å²) in [6.45, 7) is 3.45. The second kappa shape index (κ2) is 7.17. The number of aromatic nitrogens is 2. The highest BCUT2D eigenvalue weighted by Gasteiger charge is 2.30. The molecule has 2 fully saturated rings. The molecule has 0 N–H and O–H groups in total. The van der Waals surface area contributed by atoms with E-state index in [-0.39, 0.29) is 5.92 Å². The number of carbonyl (C=O) groups excluding carboxylic acids is 1. The third-order valence-electron chi connectivity index (χ3n) is 4.25. The summed E-state index contributed by atoms with van der Waals surface area (Å²) in [4.78, 5) is 16.9. The lowest BCUT2D eigenvalue weighted by molar-refractivity contribution is -0.135. The Kier molecular flexibility index (Phi) is 5.02. The number of anilines is 1. The van der Waals surface area contributed by atoms with E-state index in [4.69, 9.17) is 4.74 Å². The van der Waals surface area contributed by atoms with Crippen molar-refractivity contribution in [3.63, 3.8) is 0 Å². The van der Waals surface area contributed by atoms with Crippen molar-refractivity contribution >= 4 is 23.5 Å². The monoisotopic (exact) mass is 322 g/mol. The molecule has 3 rings (SSSR count). The van der Waals surface area contributed by atoms with Crippen molar-refractivity contribution in [2.24, 2.45) is 5.92 Å². The van der Waals surface area contributed by atoms with Gasteiger partial charge < -0.3 is 14.5 Å². The van der Waals surface area contributed by atoms with Crippen LogP contribution in [-0.2, 0) is 4.79 Å². The summed E-state index contributed by atoms with van der Waals surface area (Å²) < 4.78 is 5.04. The molecule has 0 radical (unpaired) electrons. The number of hydrogen-bond acceptors (Lipinski definition) is 6. The van der Waals surface area contributed by atoms with Crippen LogP contribution in [0.15, 0.2) is 12.1 Å². The van der Waals surface area contributed by atoms with Crippen LogP contribution in [-0.4, -0.2) is 65.8 Å². The van der Waals surface area contributed by atoms with Crippen LogP contribution in [0, 0.1) is 5.92 Å². The molecule has 0 aromatic carbocycles. The normalized spacial score (nSPS) is 22.5. The second-order valence-corrected chi connectivity index (χ2v) is 6.88. The predicted molar refractivity (Wildman–Crippen MR) is 87.4 cm³/mol. The molecule has 2 aliphatic heterocycles. The molecule has 1 aromatic rings. The maximum atomic E-state index is 12.7. The molecule has 7 heteroatoms. The molecular weight excluding hydrogens is 300 g/mol. The van der Waals surface area contributed by atoms with Gasteiger partial charge >= 0.3 is 0 Å². The fourth-order valence-electron chi connectivity index (χ4n) is 3.02. The zero-order valence-electron chi connectivity index (χ0n) is 12.9. The summed E-state index contributed by atoms with van der Waals surface area (Å²) in [5.74, 6) is 3.86. The second-order valence-electron chi connectivity index (χ2n) is 5.66. The average molecular weight is 322 g/mol. The Labute approximate surface area is 135 Å². The zero-order chi connectivity index (χ0) is 15.4. The number of rotatable bonds is 3. The van der Waals surface area contributed by atoms with E-state index >= 15 is 0 Å². The molecule has 1 atom stereocenters. The van der Waals surface area contributed by atoms with Crippen molar-refractivity contribution in [2.45, 2.75) is 12.8 Å². The number of thioether (sulfide) groups is 1. The van der Waals surface area contributed by atoms with E-state index in [2.05, 4.69) is 15.1 Å². The van der Waals surface area contributed by atoms with Crippen LogP contribution in [0.2, 0.25) is 0 Å². The van der Waals surface area contributed by atoms with Gasteiger partial charge in [-0.1, -0.05) is 0 Å². The van der Waals surface area contributed by atoms with Crippen LogP contribution < -0.4 is 9.64 Å². The summed E-state index contributed by atoms with van der Waals surface area (Å²) in [7, 11) is 1.58. The minimum atomic E-state index is 0.0840. The van der Waals surface area contributed by atoms with Crippen LogP contribution in [0.25, 0.3) is 0 Å². The highest BCUT2D eigenvalue weighted by molar-refractivity contribution is 7.99. The lowest BCUT2D eigenvalue weighted by atomic mass is 9.96. The van der Waals surface area contributed by atoms with E-state index in [0.717, 1.165) is 56.3 Å². The summed E-state index contributed by atoms with van der Waals surface area (Å²) in [5, 5.41) is 8.22. The average Bonchev–Trinajstić information content (AvgIpc) is 2.62. The smallest absolute Gasteiger partial charge is 0.233 e. The molecule has 0 unspecified atom stereocenters. The number of methoxy groups -OCH3 is 1. The van der Waals surface area contributed by atoms with Gasteiger partial charge in [0.15, 0.2) is 5.82 Å². The van der Waals surface area contributed by atoms with Crippen molar-refractivity contribution in [3.8, 4) is 5.88 Å². The van der Waals surface area contributed by atoms with E-state index in [0.29, 0.717) is 11.8 Å². The first kappa shape index (κ1) is 15.4. The zero-order valence-corrected chi connectivity index (χ0v) is 13.7. The maximum absolute atomic E-state index is 12.7. The number of carbonyl (C=O) groups is 1. The summed E-state index contributed by atoms with van der Waals surface area (Å²) in [5.41, 5.74) is 0. The molecular formula is C15H22N4O2S. The third-order valence-corrected chi connectivity index (χ3v) is 5.20. The summed E-state index contributed by atoms with van der Waals surface area (Å²) in [6, 6.07) is 3.73. The Morgan fingerprint density at radius 1 is 1.27 bits per heavy atom. The van der Waals surface area contributed by atoms with Crippen molar-refractivity contribution < 1.29 is 9.53 Å². The Hall–Kier alpha value is -1.50. The van der Waals surface area contributed by atoms with Gasteiger partial charge in [0.2, 0.25) is 11.8 Å². The first-order chi connectivity index (χ1) is 10.8. The maximum Gasteiger partial charge on any atom is 0.233 e. The van der Waals surface area contributed by atoms with Gasteiger partial charge in [0.25, 0.3) is 0 Å². The van der Waals surface area contributed by atoms with Gasteiger partial charge in [-0.3, -0.25) is 4.79 Å². The van der Waals surface area contributed by atoms with Gasteiger partial charge in [-0.05, 0) is 18.9 Å². The highest BCUT2D eigenvalue weighted by Crippen LogP contribution is 2.24. The number of ether oxygens (including phenoxy) is 1. The Bertz CT molecular complexity index is 505. The van der Waals surface area contributed by atoms with Gasteiger partial charge in [0, 0.05) is 43.8 Å². The number of amides is 1. The quantitative estimate of drug-likeness (QED) is 0.835. The van der Waals surface area contributed by atoms with E-state index in [1.165, 1.54) is 0 Å². The topological polar surface area (TPSA) is 58.6 Å². The molecule has 22 heavy (non-hydrogen) atoms. The molecule has 0 spiro atoms. The Morgan fingerprint density at radius 3 is 2.77 bits per heavy atom. The molecule has 1 amide bonds. The fourth-order valence-corrected chi connectivity index (χ4v) is 3.92. The standard InChI is InChI=1S/C15H22N4O2S/c1-21-14-5-4-13(16-17-14)19-6-2-3-12(11-19)15(20)18-7-9-22-10-8-18/h4-5,12H,2-3,6-11H2,1H3/t12-/m0/s1. The molecule has 120 valence electrons. The molecule has 2 aliphatic rings. The van der Waals surface area contributed by atoms with Crippen LogP contribution in [0.5, 0.6) is 5.88 Å². The van der Waals surface area contributed by atoms with Crippen LogP contribution in [0.4, 0.5) is 5.82 Å². The molecule has 1 aromatic heterocycles. The van der Waals surface area contributed by atoms with E-state index in [1.54, 1.807) is 7.11 Å². The lowest BCUT2D eigenvalue weighted by Crippen LogP contribution is -2.47. The van der Waals surface area contributed by atoms with Crippen molar-refractivity contribution in [1.29, 1.82) is 0 Å². The van der Waals surface area contributed by atoms with Gasteiger partial charge in [0.05, 0.1) is 13.0 Å². The molecule has 3 heterocycles. The molecule has 2 saturated heterocycles. The van der Waals surface area contributed by atoms with E-state index in [9.17, 15) is 4.79 Å². The molecule has 0 aliphatic carbocycles. The van der Waals surface area contributed by atoms with Crippen molar-refractivity contribution in [2.75, 3.05) is 49.7 Å². The van der Waals surface area contributed by atoms with Gasteiger partial charge in [0.1, 0.15) is 0 Å². The van der Waals surface area contributed by atoms with Crippen LogP contribution >= 0.6 is 11.8 Å². The highest BCUT2D eigenvalue weighted by atomic mass is 32.2. The molecule has 6 nitrogen and oxygen atoms in total. The first-order valence-electron chi connectivity index (χ1n) is 7.77. The van der Waals surface area contributed by atoms with Crippen molar-refractivity contribution in [1.82, 2.24) is 15.1 Å². The Balaban J connectivity index is 1.64. The molecule has 0 saturated carbocycles. The fraction of sp³-hybridized carbons (Fsp3) is 0.667. The van der Waals surface area contributed by atoms with E-state index < -0.39 is 0 Å². The van der Waals surface area contributed by atoms with Crippen molar-refractivity contribution in [3.05, 3.63) is 12.1 Å². The van der Waals surface area contributed by atoms with E-state index in [1.807, 2.05) is 28.8 Å². The van der Waals surface area contributed by atoms with Crippen LogP contribution in [0.3, 0.4) is 0 Å². The Morgan fingerprint density at radius 2 is 2.09 bits per heavy atom. The lowest BCUT2D eigenvalue weighted by Gasteiger charge is -2.36. The third kappa shape index (κ3) is 3.45. The largest absolute Gasteiger partial charge is 0.480 e. The predicted octanol–water partition coefficient (Wildman–Crippen LogP) is 1.28. The number of piperidine rings is 1. The van der Waals surface area contributed by atoms with Crippen LogP contribution in [0.1, 0.15) is 12.8 Å².